The van der Waals surface area contributed by atoms with Crippen LogP contribution < -0.4 is 0 Å². The standard InChI is InChI=1S/C28H32Cl2F3NO4/c1-4-21(12-13-27(3,38)28(31,32)33)34-24(17-8-10-19(29)11-9-17)22(18-6-5-7-20(30)14-18)15-26(2,25(34)37)16-23(35)36/h5-11,14,21-22,24,38H,4,12-13,15-16H2,1-3H3,(H,35,36)/t21-,22+,24+,26-,27?/m0/s1. The number of hydrogen-bond acceptors (Lipinski definition) is 3. The maximum atomic E-state index is 14.1. The van der Waals surface area contributed by atoms with Crippen LogP contribution in [0.15, 0.2) is 48.5 Å². The topological polar surface area (TPSA) is 77.8 Å². The van der Waals surface area contributed by atoms with Crippen LogP contribution in [-0.2, 0) is 9.59 Å². The predicted molar refractivity (Wildman–Crippen MR) is 140 cm³/mol. The Kier molecular flexibility index (Phi) is 9.11. The Labute approximate surface area is 230 Å². The van der Waals surface area contributed by atoms with Gasteiger partial charge in [-0.25, -0.2) is 0 Å². The van der Waals surface area contributed by atoms with Gasteiger partial charge in [-0.2, -0.15) is 13.2 Å². The van der Waals surface area contributed by atoms with E-state index in [0.29, 0.717) is 22.0 Å². The molecule has 208 valence electrons. The zero-order valence-corrected chi connectivity index (χ0v) is 22.9. The summed E-state index contributed by atoms with van der Waals surface area (Å²) in [4.78, 5) is 27.5. The summed E-state index contributed by atoms with van der Waals surface area (Å²) < 4.78 is 40.4. The highest BCUT2D eigenvalue weighted by Crippen LogP contribution is 2.52. The highest BCUT2D eigenvalue weighted by molar-refractivity contribution is 6.30. The van der Waals surface area contributed by atoms with Gasteiger partial charge in [0.1, 0.15) is 0 Å². The smallest absolute Gasteiger partial charge is 0.416 e. The number of amides is 1. The molecule has 1 aliphatic heterocycles. The Morgan fingerprint density at radius 2 is 1.76 bits per heavy atom. The summed E-state index contributed by atoms with van der Waals surface area (Å²) in [5.74, 6) is -2.01. The number of rotatable bonds is 9. The molecular weight excluding hydrogens is 542 g/mol. The van der Waals surface area contributed by atoms with E-state index in [4.69, 9.17) is 23.2 Å². The van der Waals surface area contributed by atoms with Crippen LogP contribution in [-0.4, -0.2) is 44.8 Å². The average Bonchev–Trinajstić information content (AvgIpc) is 2.81. The maximum absolute atomic E-state index is 14.1. The monoisotopic (exact) mass is 573 g/mol. The van der Waals surface area contributed by atoms with Gasteiger partial charge in [-0.3, -0.25) is 9.59 Å². The van der Waals surface area contributed by atoms with Gasteiger partial charge in [-0.05, 0) is 68.0 Å². The summed E-state index contributed by atoms with van der Waals surface area (Å²) in [6, 6.07) is 12.6. The number of alkyl halides is 3. The molecule has 2 N–H and O–H groups in total. The molecule has 0 spiro atoms. The number of halogens is 5. The van der Waals surface area contributed by atoms with E-state index in [2.05, 4.69) is 0 Å². The number of aliphatic hydroxyl groups is 1. The van der Waals surface area contributed by atoms with Gasteiger partial charge in [0.05, 0.1) is 17.9 Å². The van der Waals surface area contributed by atoms with Gasteiger partial charge in [0.2, 0.25) is 5.91 Å². The molecule has 3 rings (SSSR count). The molecule has 5 atom stereocenters. The third-order valence-electron chi connectivity index (χ3n) is 7.57. The summed E-state index contributed by atoms with van der Waals surface area (Å²) in [5.41, 5.74) is -2.76. The van der Waals surface area contributed by atoms with Crippen molar-refractivity contribution in [2.75, 3.05) is 0 Å². The molecule has 1 aliphatic rings. The number of carboxylic acids is 1. The van der Waals surface area contributed by atoms with Crippen molar-refractivity contribution in [2.45, 2.75) is 82.7 Å². The molecule has 5 nitrogen and oxygen atoms in total. The quantitative estimate of drug-likeness (QED) is 0.327. The van der Waals surface area contributed by atoms with Gasteiger partial charge in [-0.1, -0.05) is 61.3 Å². The Balaban J connectivity index is 2.18. The van der Waals surface area contributed by atoms with Crippen molar-refractivity contribution in [2.24, 2.45) is 5.41 Å². The molecule has 10 heteroatoms. The lowest BCUT2D eigenvalue weighted by Gasteiger charge is -2.52. The van der Waals surface area contributed by atoms with Gasteiger partial charge in [0.15, 0.2) is 5.60 Å². The molecule has 1 heterocycles. The summed E-state index contributed by atoms with van der Waals surface area (Å²) in [7, 11) is 0. The molecule has 1 fully saturated rings. The minimum atomic E-state index is -4.84. The third-order valence-corrected chi connectivity index (χ3v) is 8.06. The Hall–Kier alpha value is -2.29. The number of carboxylic acid groups (broad SMARTS) is 1. The molecule has 0 radical (unpaired) electrons. The van der Waals surface area contributed by atoms with E-state index >= 15 is 0 Å². The molecule has 1 amide bonds. The first-order valence-corrected chi connectivity index (χ1v) is 13.2. The number of benzene rings is 2. The largest absolute Gasteiger partial charge is 0.481 e. The van der Waals surface area contributed by atoms with Crippen LogP contribution in [0.4, 0.5) is 13.2 Å². The Morgan fingerprint density at radius 3 is 2.29 bits per heavy atom. The lowest BCUT2D eigenvalue weighted by molar-refractivity contribution is -0.256. The van der Waals surface area contributed by atoms with E-state index in [0.717, 1.165) is 12.5 Å². The number of carbonyl (C=O) groups excluding carboxylic acids is 1. The normalized spacial score (nSPS) is 24.7. The highest BCUT2D eigenvalue weighted by atomic mass is 35.5. The van der Waals surface area contributed by atoms with Gasteiger partial charge >= 0.3 is 12.1 Å². The van der Waals surface area contributed by atoms with E-state index in [1.807, 2.05) is 6.07 Å². The summed E-state index contributed by atoms with van der Waals surface area (Å²) in [6.07, 6.45) is -5.54. The fourth-order valence-electron chi connectivity index (χ4n) is 5.41. The molecule has 0 aromatic heterocycles. The predicted octanol–water partition coefficient (Wildman–Crippen LogP) is 7.40. The summed E-state index contributed by atoms with van der Waals surface area (Å²) in [5, 5.41) is 20.7. The van der Waals surface area contributed by atoms with Gasteiger partial charge in [0, 0.05) is 22.0 Å². The van der Waals surface area contributed by atoms with Crippen LogP contribution in [0.25, 0.3) is 0 Å². The molecule has 2 aromatic carbocycles. The van der Waals surface area contributed by atoms with Crippen molar-refractivity contribution in [1.82, 2.24) is 4.90 Å². The first kappa shape index (κ1) is 30.3. The van der Waals surface area contributed by atoms with Gasteiger partial charge < -0.3 is 15.1 Å². The SMILES string of the molecule is CC[C@@H](CCC(C)(O)C(F)(F)F)N1C(=O)[C@](C)(CC(=O)O)C[C@H](c2cccc(Cl)c2)[C@H]1c1ccc(Cl)cc1. The van der Waals surface area contributed by atoms with Crippen LogP contribution in [0.5, 0.6) is 0 Å². The fourth-order valence-corrected chi connectivity index (χ4v) is 5.73. The maximum Gasteiger partial charge on any atom is 0.416 e. The average molecular weight is 574 g/mol. The van der Waals surface area contributed by atoms with E-state index < -0.39 is 59.9 Å². The van der Waals surface area contributed by atoms with Crippen LogP contribution in [0.2, 0.25) is 10.0 Å². The second kappa shape index (κ2) is 11.4. The Bertz CT molecular complexity index is 1160. The summed E-state index contributed by atoms with van der Waals surface area (Å²) >= 11 is 12.4. The van der Waals surface area contributed by atoms with Crippen LogP contribution in [0.3, 0.4) is 0 Å². The van der Waals surface area contributed by atoms with Crippen LogP contribution in [0.1, 0.15) is 76.0 Å². The molecule has 0 bridgehead atoms. The van der Waals surface area contributed by atoms with Crippen molar-refractivity contribution >= 4 is 35.1 Å². The lowest BCUT2D eigenvalue weighted by Crippen LogP contribution is -2.56. The number of likely N-dealkylation sites (tertiary alicyclic amines) is 1. The molecule has 0 saturated carbocycles. The lowest BCUT2D eigenvalue weighted by atomic mass is 9.66. The van der Waals surface area contributed by atoms with E-state index in [-0.39, 0.29) is 12.8 Å². The van der Waals surface area contributed by atoms with Crippen molar-refractivity contribution in [1.29, 1.82) is 0 Å². The zero-order chi connectivity index (χ0) is 28.5. The summed E-state index contributed by atoms with van der Waals surface area (Å²) in [6.45, 7) is 4.07. The molecule has 2 aromatic rings. The first-order valence-electron chi connectivity index (χ1n) is 12.4. The Morgan fingerprint density at radius 1 is 1.13 bits per heavy atom. The van der Waals surface area contributed by atoms with E-state index in [1.54, 1.807) is 61.2 Å². The number of carbonyl (C=O) groups is 2. The van der Waals surface area contributed by atoms with E-state index in [1.165, 1.54) is 0 Å². The van der Waals surface area contributed by atoms with Gasteiger partial charge in [0.25, 0.3) is 0 Å². The molecule has 38 heavy (non-hydrogen) atoms. The number of hydrogen-bond donors (Lipinski definition) is 2. The molecule has 0 aliphatic carbocycles. The highest BCUT2D eigenvalue weighted by Gasteiger charge is 2.54. The van der Waals surface area contributed by atoms with E-state index in [9.17, 15) is 33.0 Å². The van der Waals surface area contributed by atoms with Crippen LogP contribution in [0, 0.1) is 5.41 Å². The number of aliphatic carboxylic acids is 1. The minimum absolute atomic E-state index is 0.135. The van der Waals surface area contributed by atoms with Crippen molar-refractivity contribution in [3.05, 3.63) is 69.7 Å². The second-order valence-electron chi connectivity index (χ2n) is 10.6. The van der Waals surface area contributed by atoms with Crippen molar-refractivity contribution in [3.63, 3.8) is 0 Å². The third kappa shape index (κ3) is 6.46. The molecule has 1 unspecified atom stereocenters. The van der Waals surface area contributed by atoms with Crippen molar-refractivity contribution < 1.29 is 33.0 Å². The minimum Gasteiger partial charge on any atom is -0.481 e. The van der Waals surface area contributed by atoms with Gasteiger partial charge in [-0.15, -0.1) is 0 Å². The molecular formula is C28H32Cl2F3NO4. The molecule has 1 saturated heterocycles. The number of piperidine rings is 1. The van der Waals surface area contributed by atoms with Crippen molar-refractivity contribution in [3.8, 4) is 0 Å². The second-order valence-corrected chi connectivity index (χ2v) is 11.5. The van der Waals surface area contributed by atoms with Crippen LogP contribution >= 0.6 is 23.2 Å². The fraction of sp³-hybridized carbons (Fsp3) is 0.500. The zero-order valence-electron chi connectivity index (χ0n) is 21.4. The first-order chi connectivity index (χ1) is 17.6. The number of nitrogens with zero attached hydrogens (tertiary/aromatic N) is 1.